The maximum absolute atomic E-state index is 10.1. The molecule has 4 aromatic rings. The number of rotatable bonds is 6. The van der Waals surface area contributed by atoms with E-state index in [1.807, 2.05) is 67.6 Å². The molecule has 1 heterocycles. The van der Waals surface area contributed by atoms with Crippen LogP contribution in [0, 0.1) is 6.92 Å². The summed E-state index contributed by atoms with van der Waals surface area (Å²) in [4.78, 5) is 4.69. The number of nitrogens with zero attached hydrogens (tertiary/aromatic N) is 2. The predicted octanol–water partition coefficient (Wildman–Crippen LogP) is 5.99. The van der Waals surface area contributed by atoms with Crippen LogP contribution >= 0.6 is 11.8 Å². The molecule has 0 aliphatic rings. The number of hydrogen-bond donors (Lipinski definition) is 2. The highest BCUT2D eigenvalue weighted by atomic mass is 32.2. The molecule has 0 fully saturated rings. The summed E-state index contributed by atoms with van der Waals surface area (Å²) < 4.78 is 6.09. The topological polar surface area (TPSA) is 78.9 Å². The number of aryl methyl sites for hydroxylation is 1. The molecule has 0 saturated carbocycles. The van der Waals surface area contributed by atoms with Crippen molar-refractivity contribution in [2.45, 2.75) is 12.1 Å². The molecule has 0 aliphatic carbocycles. The second kappa shape index (κ2) is 8.88. The van der Waals surface area contributed by atoms with Crippen LogP contribution in [-0.4, -0.2) is 26.8 Å². The Morgan fingerprint density at radius 1 is 0.967 bits per heavy atom. The minimum atomic E-state index is 0.0661. The van der Waals surface area contributed by atoms with Gasteiger partial charge in [0.15, 0.2) is 5.76 Å². The van der Waals surface area contributed by atoms with E-state index in [4.69, 9.17) is 9.40 Å². The van der Waals surface area contributed by atoms with Gasteiger partial charge in [-0.2, -0.15) is 0 Å². The van der Waals surface area contributed by atoms with E-state index in [9.17, 15) is 10.3 Å². The normalized spacial score (nSPS) is 11.6. The van der Waals surface area contributed by atoms with Gasteiger partial charge in [-0.3, -0.25) is 0 Å². The van der Waals surface area contributed by atoms with Gasteiger partial charge in [0.05, 0.1) is 0 Å². The van der Waals surface area contributed by atoms with Gasteiger partial charge in [-0.15, -0.1) is 0 Å². The Bertz CT molecular complexity index is 1110. The van der Waals surface area contributed by atoms with Crippen LogP contribution in [0.4, 0.5) is 0 Å². The van der Waals surface area contributed by atoms with Gasteiger partial charge < -0.3 is 14.7 Å². The summed E-state index contributed by atoms with van der Waals surface area (Å²) in [6.45, 7) is 1.91. The standard InChI is InChI=1S/C24H20N2O3S/c1-16-12-13-21(27)19(14-16)20(26-28)15-30-24-25-22(17-8-4-2-5-9-17)23(29-24)18-10-6-3-7-11-18/h2-14,27-28H,15H2,1H3/b26-20-. The van der Waals surface area contributed by atoms with Crippen LogP contribution in [0.1, 0.15) is 11.1 Å². The number of aromatic nitrogens is 1. The largest absolute Gasteiger partial charge is 0.507 e. The quantitative estimate of drug-likeness (QED) is 0.175. The van der Waals surface area contributed by atoms with Crippen molar-refractivity contribution in [3.63, 3.8) is 0 Å². The molecular weight excluding hydrogens is 396 g/mol. The summed E-state index contributed by atoms with van der Waals surface area (Å²) in [5.74, 6) is 1.04. The van der Waals surface area contributed by atoms with Crippen LogP contribution in [-0.2, 0) is 0 Å². The highest BCUT2D eigenvalue weighted by molar-refractivity contribution is 7.99. The number of hydrogen-bond acceptors (Lipinski definition) is 6. The van der Waals surface area contributed by atoms with Crippen molar-refractivity contribution in [3.05, 3.63) is 90.0 Å². The molecule has 5 nitrogen and oxygen atoms in total. The lowest BCUT2D eigenvalue weighted by atomic mass is 10.1. The Hall–Kier alpha value is -3.51. The lowest BCUT2D eigenvalue weighted by Gasteiger charge is -2.06. The van der Waals surface area contributed by atoms with E-state index in [1.165, 1.54) is 11.8 Å². The molecule has 0 atom stereocenters. The number of thioether (sulfide) groups is 1. The van der Waals surface area contributed by atoms with E-state index in [1.54, 1.807) is 18.2 Å². The zero-order valence-corrected chi connectivity index (χ0v) is 17.1. The summed E-state index contributed by atoms with van der Waals surface area (Å²) in [7, 11) is 0. The molecule has 0 amide bonds. The third-order valence-electron chi connectivity index (χ3n) is 4.61. The Balaban J connectivity index is 1.65. The second-order valence-electron chi connectivity index (χ2n) is 6.75. The Kier molecular flexibility index (Phi) is 5.86. The van der Waals surface area contributed by atoms with E-state index in [0.717, 1.165) is 22.4 Å². The smallest absolute Gasteiger partial charge is 0.257 e. The number of phenols is 1. The molecule has 0 bridgehead atoms. The second-order valence-corrected chi connectivity index (χ2v) is 7.67. The predicted molar refractivity (Wildman–Crippen MR) is 119 cm³/mol. The fourth-order valence-corrected chi connectivity index (χ4v) is 3.88. The number of oxime groups is 1. The summed E-state index contributed by atoms with van der Waals surface area (Å²) in [6.07, 6.45) is 0. The van der Waals surface area contributed by atoms with Gasteiger partial charge >= 0.3 is 0 Å². The van der Waals surface area contributed by atoms with Gasteiger partial charge in [-0.25, -0.2) is 4.98 Å². The fraction of sp³-hybridized carbons (Fsp3) is 0.0833. The Labute approximate surface area is 178 Å². The van der Waals surface area contributed by atoms with E-state index in [-0.39, 0.29) is 11.5 Å². The first-order valence-corrected chi connectivity index (χ1v) is 10.4. The van der Waals surface area contributed by atoms with Gasteiger partial charge in [-0.1, -0.05) is 89.2 Å². The van der Waals surface area contributed by atoms with E-state index in [0.29, 0.717) is 22.3 Å². The number of benzene rings is 3. The van der Waals surface area contributed by atoms with Gasteiger partial charge in [-0.05, 0) is 19.1 Å². The van der Waals surface area contributed by atoms with Gasteiger partial charge in [0.2, 0.25) is 0 Å². The Morgan fingerprint density at radius 2 is 1.63 bits per heavy atom. The molecule has 0 aliphatic heterocycles. The molecule has 1 aromatic heterocycles. The van der Waals surface area contributed by atoms with Crippen LogP contribution in [0.15, 0.2) is 93.7 Å². The maximum atomic E-state index is 10.1. The highest BCUT2D eigenvalue weighted by Crippen LogP contribution is 2.36. The van der Waals surface area contributed by atoms with Crippen molar-refractivity contribution in [2.75, 3.05) is 5.75 Å². The van der Waals surface area contributed by atoms with Crippen molar-refractivity contribution < 1.29 is 14.7 Å². The summed E-state index contributed by atoms with van der Waals surface area (Å²) >= 11 is 1.31. The molecule has 6 heteroatoms. The third kappa shape index (κ3) is 4.23. The van der Waals surface area contributed by atoms with Crippen molar-refractivity contribution in [1.29, 1.82) is 0 Å². The van der Waals surface area contributed by atoms with E-state index < -0.39 is 0 Å². The van der Waals surface area contributed by atoms with Crippen LogP contribution in [0.25, 0.3) is 22.6 Å². The number of oxazole rings is 1. The SMILES string of the molecule is Cc1ccc(O)c(/C(CSc2nc(-c3ccccc3)c(-c3ccccc3)o2)=N\O)c1. The van der Waals surface area contributed by atoms with Gasteiger partial charge in [0, 0.05) is 22.4 Å². The molecule has 0 saturated heterocycles. The van der Waals surface area contributed by atoms with Gasteiger partial charge in [0.1, 0.15) is 17.2 Å². The average molecular weight is 417 g/mol. The molecule has 0 unspecified atom stereocenters. The lowest BCUT2D eigenvalue weighted by molar-refractivity contribution is 0.319. The lowest BCUT2D eigenvalue weighted by Crippen LogP contribution is -2.05. The molecule has 2 N–H and O–H groups in total. The first kappa shape index (κ1) is 19.8. The zero-order chi connectivity index (χ0) is 20.9. The molecule has 3 aromatic carbocycles. The molecule has 4 rings (SSSR count). The monoisotopic (exact) mass is 416 g/mol. The fourth-order valence-electron chi connectivity index (χ4n) is 3.11. The minimum Gasteiger partial charge on any atom is -0.507 e. The van der Waals surface area contributed by atoms with Crippen molar-refractivity contribution in [1.82, 2.24) is 4.98 Å². The van der Waals surface area contributed by atoms with E-state index >= 15 is 0 Å². The summed E-state index contributed by atoms with van der Waals surface area (Å²) in [5.41, 5.74) is 4.44. The highest BCUT2D eigenvalue weighted by Gasteiger charge is 2.19. The molecular formula is C24H20N2O3S. The van der Waals surface area contributed by atoms with Crippen LogP contribution in [0.3, 0.4) is 0 Å². The van der Waals surface area contributed by atoms with Crippen molar-refractivity contribution in [2.24, 2.45) is 5.16 Å². The molecule has 0 spiro atoms. The summed E-state index contributed by atoms with van der Waals surface area (Å²) in [5, 5.41) is 23.5. The molecule has 0 radical (unpaired) electrons. The number of phenolic OH excluding ortho intramolecular Hbond substituents is 1. The maximum Gasteiger partial charge on any atom is 0.257 e. The first-order valence-electron chi connectivity index (χ1n) is 9.41. The van der Waals surface area contributed by atoms with Crippen LogP contribution < -0.4 is 0 Å². The summed E-state index contributed by atoms with van der Waals surface area (Å²) in [6, 6.07) is 24.9. The Morgan fingerprint density at radius 3 is 2.30 bits per heavy atom. The van der Waals surface area contributed by atoms with Gasteiger partial charge in [0.25, 0.3) is 5.22 Å². The van der Waals surface area contributed by atoms with Crippen molar-refractivity contribution in [3.8, 4) is 28.3 Å². The number of aromatic hydroxyl groups is 1. The molecule has 30 heavy (non-hydrogen) atoms. The third-order valence-corrected chi connectivity index (χ3v) is 5.45. The average Bonchev–Trinajstić information content (AvgIpc) is 3.22. The van der Waals surface area contributed by atoms with E-state index in [2.05, 4.69) is 5.16 Å². The van der Waals surface area contributed by atoms with Crippen LogP contribution in [0.5, 0.6) is 5.75 Å². The van der Waals surface area contributed by atoms with Crippen molar-refractivity contribution >= 4 is 17.5 Å². The molecule has 150 valence electrons. The van der Waals surface area contributed by atoms with Crippen LogP contribution in [0.2, 0.25) is 0 Å². The zero-order valence-electron chi connectivity index (χ0n) is 16.3. The minimum absolute atomic E-state index is 0.0661. The first-order chi connectivity index (χ1) is 14.7.